The molecule has 0 saturated heterocycles. The molecule has 2 rings (SSSR count). The summed E-state index contributed by atoms with van der Waals surface area (Å²) in [5.41, 5.74) is 1.58. The fourth-order valence-electron chi connectivity index (χ4n) is 2.35. The lowest BCUT2D eigenvalue weighted by molar-refractivity contribution is -0.152. The molecule has 154 valence electrons. The summed E-state index contributed by atoms with van der Waals surface area (Å²) in [6, 6.07) is 16.8. The highest BCUT2D eigenvalue weighted by Gasteiger charge is 2.27. The van der Waals surface area contributed by atoms with Gasteiger partial charge < -0.3 is 25.2 Å². The lowest BCUT2D eigenvalue weighted by Gasteiger charge is -2.20. The van der Waals surface area contributed by atoms with Gasteiger partial charge in [-0.1, -0.05) is 60.7 Å². The quantitative estimate of drug-likeness (QED) is 0.550. The maximum absolute atomic E-state index is 12.2. The van der Waals surface area contributed by atoms with Crippen LogP contribution in [-0.2, 0) is 32.3 Å². The van der Waals surface area contributed by atoms with Crippen molar-refractivity contribution in [3.05, 3.63) is 71.8 Å². The number of benzene rings is 2. The van der Waals surface area contributed by atoms with Gasteiger partial charge in [-0.05, 0) is 18.1 Å². The first-order valence-electron chi connectivity index (χ1n) is 9.08. The summed E-state index contributed by atoms with van der Waals surface area (Å²) in [5.74, 6) is -1.44. The number of nitrogens with one attached hydrogen (secondary N) is 2. The van der Waals surface area contributed by atoms with Crippen LogP contribution in [0, 0.1) is 0 Å². The van der Waals surface area contributed by atoms with E-state index in [2.05, 4.69) is 10.6 Å². The average molecular weight is 400 g/mol. The molecule has 0 saturated carbocycles. The Kier molecular flexibility index (Phi) is 8.65. The number of amides is 2. The van der Waals surface area contributed by atoms with Crippen LogP contribution in [-0.4, -0.2) is 41.8 Å². The Hall–Kier alpha value is -3.39. The predicted molar refractivity (Wildman–Crippen MR) is 104 cm³/mol. The monoisotopic (exact) mass is 400 g/mol. The Morgan fingerprint density at radius 3 is 1.93 bits per heavy atom. The van der Waals surface area contributed by atoms with Crippen molar-refractivity contribution in [1.82, 2.24) is 10.6 Å². The first-order valence-corrected chi connectivity index (χ1v) is 9.08. The smallest absolute Gasteiger partial charge is 0.407 e. The maximum Gasteiger partial charge on any atom is 0.407 e. The molecular formula is C21H24N2O6. The lowest BCUT2D eigenvalue weighted by Crippen LogP contribution is -2.51. The fraction of sp³-hybridized carbons (Fsp3) is 0.286. The number of hydrogen-bond acceptors (Lipinski definition) is 6. The molecule has 8 nitrogen and oxygen atoms in total. The van der Waals surface area contributed by atoms with Gasteiger partial charge in [0.05, 0.1) is 6.10 Å². The van der Waals surface area contributed by atoms with E-state index in [4.69, 9.17) is 9.47 Å². The number of alkyl carbamates (subject to hydrolysis) is 1. The second kappa shape index (κ2) is 11.5. The third-order valence-electron chi connectivity index (χ3n) is 3.88. The number of ether oxygens (including phenoxy) is 2. The largest absolute Gasteiger partial charge is 0.459 e. The molecular weight excluding hydrogens is 376 g/mol. The van der Waals surface area contributed by atoms with Gasteiger partial charge in [-0.3, -0.25) is 4.79 Å². The van der Waals surface area contributed by atoms with Gasteiger partial charge in [-0.2, -0.15) is 0 Å². The third-order valence-corrected chi connectivity index (χ3v) is 3.88. The van der Waals surface area contributed by atoms with Gasteiger partial charge in [0.25, 0.3) is 0 Å². The van der Waals surface area contributed by atoms with Crippen LogP contribution < -0.4 is 10.6 Å². The topological polar surface area (TPSA) is 114 Å². The number of carbonyl (C=O) groups excluding carboxylic acids is 3. The van der Waals surface area contributed by atoms with Crippen LogP contribution in [0.4, 0.5) is 4.79 Å². The minimum absolute atomic E-state index is 0.0167. The molecule has 2 atom stereocenters. The van der Waals surface area contributed by atoms with Crippen LogP contribution in [0.25, 0.3) is 0 Å². The molecule has 0 bridgehead atoms. The van der Waals surface area contributed by atoms with Crippen molar-refractivity contribution in [1.29, 1.82) is 0 Å². The molecule has 29 heavy (non-hydrogen) atoms. The Bertz CT molecular complexity index is 795. The van der Waals surface area contributed by atoms with E-state index >= 15 is 0 Å². The summed E-state index contributed by atoms with van der Waals surface area (Å²) in [6.45, 7) is 1.03. The summed E-state index contributed by atoms with van der Waals surface area (Å²) in [4.78, 5) is 35.9. The summed E-state index contributed by atoms with van der Waals surface area (Å²) >= 11 is 0. The molecule has 0 aliphatic heterocycles. The van der Waals surface area contributed by atoms with Crippen LogP contribution in [0.5, 0.6) is 0 Å². The normalized spacial score (nSPS) is 12.3. The standard InChI is InChI=1S/C21H24N2O6/c1-15(24)19(20(26)28-13-16-8-4-2-5-9-16)23-18(25)12-22-21(27)29-14-17-10-6-3-7-11-17/h2-11,15,19,24H,12-14H2,1H3,(H,22,27)(H,23,25)/t15-,19-/m0/s1. The van der Waals surface area contributed by atoms with E-state index in [0.717, 1.165) is 11.1 Å². The van der Waals surface area contributed by atoms with E-state index in [1.807, 2.05) is 24.3 Å². The Morgan fingerprint density at radius 2 is 1.41 bits per heavy atom. The van der Waals surface area contributed by atoms with Gasteiger partial charge in [-0.15, -0.1) is 0 Å². The molecule has 0 radical (unpaired) electrons. The van der Waals surface area contributed by atoms with Gasteiger partial charge in [0.1, 0.15) is 19.8 Å². The van der Waals surface area contributed by atoms with E-state index in [1.54, 1.807) is 36.4 Å². The first kappa shape index (κ1) is 21.9. The number of esters is 1. The minimum atomic E-state index is -1.26. The van der Waals surface area contributed by atoms with Gasteiger partial charge in [0.2, 0.25) is 5.91 Å². The van der Waals surface area contributed by atoms with Crippen LogP contribution in [0.3, 0.4) is 0 Å². The van der Waals surface area contributed by atoms with Crippen molar-refractivity contribution in [2.45, 2.75) is 32.3 Å². The molecule has 8 heteroatoms. The molecule has 0 aliphatic rings. The summed E-state index contributed by atoms with van der Waals surface area (Å²) in [7, 11) is 0. The number of carbonyl (C=O) groups is 3. The molecule has 2 aromatic carbocycles. The van der Waals surface area contributed by atoms with E-state index < -0.39 is 36.7 Å². The summed E-state index contributed by atoms with van der Waals surface area (Å²) in [5, 5.41) is 14.4. The van der Waals surface area contributed by atoms with E-state index in [9.17, 15) is 19.5 Å². The molecule has 0 fully saturated rings. The Labute approximate surface area is 168 Å². The molecule has 2 aromatic rings. The molecule has 2 amide bonds. The van der Waals surface area contributed by atoms with E-state index in [0.29, 0.717) is 0 Å². The van der Waals surface area contributed by atoms with Crippen molar-refractivity contribution in [3.63, 3.8) is 0 Å². The highest BCUT2D eigenvalue weighted by molar-refractivity contribution is 5.87. The number of rotatable bonds is 9. The molecule has 0 unspecified atom stereocenters. The SMILES string of the molecule is C[C@H](O)[C@H](NC(=O)CNC(=O)OCc1ccccc1)C(=O)OCc1ccccc1. The first-order chi connectivity index (χ1) is 14.0. The summed E-state index contributed by atoms with van der Waals surface area (Å²) in [6.07, 6.45) is -1.95. The van der Waals surface area contributed by atoms with Crippen molar-refractivity contribution in [2.75, 3.05) is 6.54 Å². The van der Waals surface area contributed by atoms with Gasteiger partial charge in [-0.25, -0.2) is 9.59 Å². The maximum atomic E-state index is 12.2. The zero-order chi connectivity index (χ0) is 21.1. The van der Waals surface area contributed by atoms with Crippen molar-refractivity contribution in [2.24, 2.45) is 0 Å². The number of aliphatic hydroxyl groups excluding tert-OH is 1. The summed E-state index contributed by atoms with van der Waals surface area (Å²) < 4.78 is 10.1. The number of hydrogen-bond donors (Lipinski definition) is 3. The molecule has 0 spiro atoms. The van der Waals surface area contributed by atoms with Gasteiger partial charge in [0.15, 0.2) is 6.04 Å². The molecule has 0 aromatic heterocycles. The van der Waals surface area contributed by atoms with E-state index in [1.165, 1.54) is 6.92 Å². The van der Waals surface area contributed by atoms with Crippen LogP contribution in [0.2, 0.25) is 0 Å². The third kappa shape index (κ3) is 8.02. The fourth-order valence-corrected chi connectivity index (χ4v) is 2.35. The lowest BCUT2D eigenvalue weighted by atomic mass is 10.2. The van der Waals surface area contributed by atoms with Crippen molar-refractivity contribution in [3.8, 4) is 0 Å². The van der Waals surface area contributed by atoms with Crippen LogP contribution >= 0.6 is 0 Å². The van der Waals surface area contributed by atoms with Crippen LogP contribution in [0.1, 0.15) is 18.1 Å². The van der Waals surface area contributed by atoms with Crippen molar-refractivity contribution < 1.29 is 29.0 Å². The second-order valence-electron chi connectivity index (χ2n) is 6.29. The minimum Gasteiger partial charge on any atom is -0.459 e. The Morgan fingerprint density at radius 1 is 0.897 bits per heavy atom. The molecule has 0 aliphatic carbocycles. The zero-order valence-corrected chi connectivity index (χ0v) is 16.0. The predicted octanol–water partition coefficient (Wildman–Crippen LogP) is 1.52. The van der Waals surface area contributed by atoms with Gasteiger partial charge in [0, 0.05) is 0 Å². The zero-order valence-electron chi connectivity index (χ0n) is 16.0. The Balaban J connectivity index is 1.74. The average Bonchev–Trinajstić information content (AvgIpc) is 2.74. The number of aliphatic hydroxyl groups is 1. The van der Waals surface area contributed by atoms with Gasteiger partial charge >= 0.3 is 12.1 Å². The van der Waals surface area contributed by atoms with Crippen molar-refractivity contribution >= 4 is 18.0 Å². The van der Waals surface area contributed by atoms with E-state index in [-0.39, 0.29) is 13.2 Å². The second-order valence-corrected chi connectivity index (χ2v) is 6.29. The highest BCUT2D eigenvalue weighted by Crippen LogP contribution is 2.04. The van der Waals surface area contributed by atoms with Crippen LogP contribution in [0.15, 0.2) is 60.7 Å². The molecule has 0 heterocycles. The highest BCUT2D eigenvalue weighted by atomic mass is 16.5. The molecule has 3 N–H and O–H groups in total.